The van der Waals surface area contributed by atoms with E-state index in [2.05, 4.69) is 126 Å². The molecule has 44 heavy (non-hydrogen) atoms. The molecule has 0 aliphatic carbocycles. The second-order valence-electron chi connectivity index (χ2n) is 12.4. The number of aromatic nitrogens is 3. The number of fused-ring (bicyclic) bond motifs is 11. The summed E-state index contributed by atoms with van der Waals surface area (Å²) in [6, 6.07) is 39.6. The number of imidazole rings is 1. The quantitative estimate of drug-likeness (QED) is 0.189. The Kier molecular flexibility index (Phi) is 4.02. The van der Waals surface area contributed by atoms with E-state index in [1.807, 2.05) is 6.07 Å². The van der Waals surface area contributed by atoms with Crippen molar-refractivity contribution in [1.29, 1.82) is 0 Å². The Hall–Kier alpha value is -5.55. The van der Waals surface area contributed by atoms with Crippen molar-refractivity contribution in [2.75, 3.05) is 0 Å². The van der Waals surface area contributed by atoms with Crippen LogP contribution in [-0.2, 0) is 0 Å². The highest BCUT2D eigenvalue weighted by molar-refractivity contribution is 6.89. The molecule has 204 valence electrons. The molecule has 0 saturated heterocycles. The van der Waals surface area contributed by atoms with Crippen LogP contribution in [0.1, 0.15) is 11.1 Å². The summed E-state index contributed by atoms with van der Waals surface area (Å²) >= 11 is 0. The zero-order valence-electron chi connectivity index (χ0n) is 24.2. The number of nitrogens with zero attached hydrogens (tertiary/aromatic N) is 3. The van der Waals surface area contributed by atoms with Crippen LogP contribution in [0.2, 0.25) is 0 Å². The predicted molar refractivity (Wildman–Crippen MR) is 182 cm³/mol. The minimum Gasteiger partial charge on any atom is -0.456 e. The van der Waals surface area contributed by atoms with Gasteiger partial charge in [-0.15, -0.1) is 0 Å². The third-order valence-corrected chi connectivity index (χ3v) is 10.2. The molecule has 0 bridgehead atoms. The van der Waals surface area contributed by atoms with E-state index < -0.39 is 0 Å². The lowest BCUT2D eigenvalue weighted by atomic mass is 9.45. The van der Waals surface area contributed by atoms with E-state index in [-0.39, 0.29) is 6.85 Å². The number of para-hydroxylation sites is 3. The van der Waals surface area contributed by atoms with Gasteiger partial charge in [0.1, 0.15) is 22.5 Å². The molecule has 0 amide bonds. The Morgan fingerprint density at radius 1 is 0.659 bits per heavy atom. The summed E-state index contributed by atoms with van der Waals surface area (Å²) in [5, 5.41) is 4.78. The summed E-state index contributed by atoms with van der Waals surface area (Å²) in [5.74, 6) is 1.02. The van der Waals surface area contributed by atoms with Crippen molar-refractivity contribution < 1.29 is 4.42 Å². The maximum Gasteiger partial charge on any atom is 0.334 e. The van der Waals surface area contributed by atoms with Crippen molar-refractivity contribution in [3.05, 3.63) is 120 Å². The molecule has 6 aromatic carbocycles. The molecule has 2 aliphatic rings. The number of benzene rings is 6. The standard InChI is InChI=1S/C39H24BN3O/c1-21-10-7-11-22(2)33(21)39-41-36-34-26-13-4-6-19-31(26)44-32(34)20-27-24-14-9-18-30-35(24)40(43(39)38(27)36)28-16-8-15-25-23-12-3-5-17-29(23)42(30)37(25)28/h3-20H,1-2H3. The third-order valence-electron chi connectivity index (χ3n) is 10.2. The van der Waals surface area contributed by atoms with E-state index in [0.717, 1.165) is 33.3 Å². The Morgan fingerprint density at radius 2 is 1.41 bits per heavy atom. The molecule has 0 fully saturated rings. The van der Waals surface area contributed by atoms with Gasteiger partial charge in [0, 0.05) is 33.0 Å². The molecule has 4 nitrogen and oxygen atoms in total. The molecule has 5 heterocycles. The first-order valence-electron chi connectivity index (χ1n) is 15.3. The van der Waals surface area contributed by atoms with Gasteiger partial charge in [-0.05, 0) is 65.7 Å². The van der Waals surface area contributed by atoms with Crippen LogP contribution in [0.15, 0.2) is 114 Å². The Labute approximate surface area is 252 Å². The van der Waals surface area contributed by atoms with Gasteiger partial charge in [0.15, 0.2) is 0 Å². The second kappa shape index (κ2) is 7.69. The molecular formula is C39H24BN3O. The molecule has 9 aromatic rings. The third kappa shape index (κ3) is 2.53. The fourth-order valence-electron chi connectivity index (χ4n) is 8.48. The topological polar surface area (TPSA) is 35.9 Å². The molecule has 2 aliphatic heterocycles. The lowest BCUT2D eigenvalue weighted by Gasteiger charge is -2.34. The van der Waals surface area contributed by atoms with E-state index >= 15 is 0 Å². The van der Waals surface area contributed by atoms with Gasteiger partial charge in [-0.1, -0.05) is 84.9 Å². The van der Waals surface area contributed by atoms with Gasteiger partial charge in [-0.3, -0.25) is 0 Å². The van der Waals surface area contributed by atoms with Crippen molar-refractivity contribution in [1.82, 2.24) is 14.0 Å². The van der Waals surface area contributed by atoms with Crippen LogP contribution in [0.4, 0.5) is 0 Å². The van der Waals surface area contributed by atoms with Gasteiger partial charge < -0.3 is 13.5 Å². The maximum absolute atomic E-state index is 6.54. The minimum absolute atomic E-state index is 0.0242. The fraction of sp³-hybridized carbons (Fsp3) is 0.0513. The van der Waals surface area contributed by atoms with Gasteiger partial charge in [0.2, 0.25) is 0 Å². The van der Waals surface area contributed by atoms with Gasteiger partial charge in [-0.2, -0.15) is 0 Å². The molecular weight excluding hydrogens is 537 g/mol. The first kappa shape index (κ1) is 23.0. The average molecular weight is 561 g/mol. The normalized spacial score (nSPS) is 13.2. The molecule has 0 unspecified atom stereocenters. The largest absolute Gasteiger partial charge is 0.456 e. The summed E-state index contributed by atoms with van der Waals surface area (Å²) in [4.78, 5) is 5.62. The van der Waals surface area contributed by atoms with Crippen LogP contribution in [0.25, 0.3) is 83.0 Å². The van der Waals surface area contributed by atoms with Gasteiger partial charge in [0.25, 0.3) is 0 Å². The van der Waals surface area contributed by atoms with Gasteiger partial charge in [-0.25, -0.2) is 4.98 Å². The molecule has 0 spiro atoms. The molecule has 11 rings (SSSR count). The number of rotatable bonds is 1. The highest BCUT2D eigenvalue weighted by atomic mass is 16.3. The average Bonchev–Trinajstić information content (AvgIpc) is 3.72. The molecule has 5 heteroatoms. The van der Waals surface area contributed by atoms with Crippen LogP contribution in [0.5, 0.6) is 0 Å². The van der Waals surface area contributed by atoms with E-state index in [0.29, 0.717) is 0 Å². The summed E-state index contributed by atoms with van der Waals surface area (Å²) < 4.78 is 11.6. The summed E-state index contributed by atoms with van der Waals surface area (Å²) in [6.45, 7) is 4.39. The Bertz CT molecular complexity index is 2740. The van der Waals surface area contributed by atoms with E-state index in [1.165, 1.54) is 71.8 Å². The molecule has 0 N–H and O–H groups in total. The van der Waals surface area contributed by atoms with Gasteiger partial charge in [0.05, 0.1) is 21.9 Å². The second-order valence-corrected chi connectivity index (χ2v) is 12.4. The molecule has 0 saturated carbocycles. The minimum atomic E-state index is -0.0242. The Morgan fingerprint density at radius 3 is 2.30 bits per heavy atom. The predicted octanol–water partition coefficient (Wildman–Crippen LogP) is 8.26. The monoisotopic (exact) mass is 561 g/mol. The zero-order valence-corrected chi connectivity index (χ0v) is 24.2. The number of furan rings is 1. The molecule has 3 aromatic heterocycles. The SMILES string of the molecule is Cc1cccc(C)c1-c1nc2c3c(cc4c2n1B1c2c-4cccc2-n2c4ccccc4c4cccc1c42)oc1ccccc13. The number of hydrogen-bond donors (Lipinski definition) is 0. The highest BCUT2D eigenvalue weighted by Gasteiger charge is 2.42. The van der Waals surface area contributed by atoms with Crippen LogP contribution >= 0.6 is 0 Å². The Balaban J connectivity index is 1.41. The van der Waals surface area contributed by atoms with Crippen LogP contribution in [0.3, 0.4) is 0 Å². The van der Waals surface area contributed by atoms with E-state index in [1.54, 1.807) is 0 Å². The van der Waals surface area contributed by atoms with Crippen molar-refractivity contribution in [3.8, 4) is 28.2 Å². The molecule has 0 atom stereocenters. The first-order valence-corrected chi connectivity index (χ1v) is 15.3. The van der Waals surface area contributed by atoms with Gasteiger partial charge >= 0.3 is 6.85 Å². The maximum atomic E-state index is 6.54. The lowest BCUT2D eigenvalue weighted by molar-refractivity contribution is 0.669. The van der Waals surface area contributed by atoms with Crippen molar-refractivity contribution in [3.63, 3.8) is 0 Å². The molecule has 0 radical (unpaired) electrons. The van der Waals surface area contributed by atoms with Crippen molar-refractivity contribution in [2.24, 2.45) is 0 Å². The summed E-state index contributed by atoms with van der Waals surface area (Å²) in [5.41, 5.74) is 16.5. The van der Waals surface area contributed by atoms with Crippen LogP contribution < -0.4 is 10.9 Å². The first-order chi connectivity index (χ1) is 21.7. The van der Waals surface area contributed by atoms with Crippen molar-refractivity contribution in [2.45, 2.75) is 13.8 Å². The number of aryl methyl sites for hydroxylation is 2. The fourth-order valence-corrected chi connectivity index (χ4v) is 8.48. The smallest absolute Gasteiger partial charge is 0.334 e. The van der Waals surface area contributed by atoms with Crippen LogP contribution in [-0.4, -0.2) is 20.9 Å². The lowest BCUT2D eigenvalue weighted by Crippen LogP contribution is -2.55. The van der Waals surface area contributed by atoms with Crippen LogP contribution in [0, 0.1) is 13.8 Å². The van der Waals surface area contributed by atoms with E-state index in [9.17, 15) is 0 Å². The van der Waals surface area contributed by atoms with E-state index in [4.69, 9.17) is 9.40 Å². The number of hydrogen-bond acceptors (Lipinski definition) is 2. The highest BCUT2D eigenvalue weighted by Crippen LogP contribution is 2.46. The summed E-state index contributed by atoms with van der Waals surface area (Å²) in [7, 11) is 0. The zero-order chi connectivity index (χ0) is 28.8. The summed E-state index contributed by atoms with van der Waals surface area (Å²) in [6.07, 6.45) is 0. The van der Waals surface area contributed by atoms with Crippen molar-refractivity contribution >= 4 is 72.6 Å².